The molecule has 18 heavy (non-hydrogen) atoms. The van der Waals surface area contributed by atoms with Crippen LogP contribution in [-0.4, -0.2) is 38.3 Å². The smallest absolute Gasteiger partial charge is 0.0589 e. The predicted molar refractivity (Wildman–Crippen MR) is 80.1 cm³/mol. The van der Waals surface area contributed by atoms with Gasteiger partial charge in [-0.2, -0.15) is 0 Å². The average molecular weight is 336 g/mol. The number of methoxy groups -OCH3 is 1. The Kier molecular flexibility index (Phi) is 7.19. The van der Waals surface area contributed by atoms with Crippen molar-refractivity contribution < 1.29 is 4.74 Å². The summed E-state index contributed by atoms with van der Waals surface area (Å²) in [7, 11) is 1.71. The number of nitrogens with two attached hydrogens (primary N) is 1. The summed E-state index contributed by atoms with van der Waals surface area (Å²) in [5, 5.41) is 0.731. The second kappa shape index (κ2) is 8.12. The molecule has 102 valence electrons. The maximum Gasteiger partial charge on any atom is 0.0589 e. The Hall–Kier alpha value is -0.130. The first-order valence-corrected chi connectivity index (χ1v) is 7.19. The number of likely N-dealkylation sites (N-methyl/N-ethyl adjacent to an activating group) is 1. The van der Waals surface area contributed by atoms with Crippen molar-refractivity contribution >= 4 is 27.5 Å². The monoisotopic (exact) mass is 334 g/mol. The Morgan fingerprint density at radius 1 is 1.50 bits per heavy atom. The molecule has 0 spiro atoms. The molecule has 0 saturated heterocycles. The zero-order valence-electron chi connectivity index (χ0n) is 10.8. The van der Waals surface area contributed by atoms with Gasteiger partial charge in [0.25, 0.3) is 0 Å². The molecule has 1 aromatic rings. The normalized spacial score (nSPS) is 13.0. The molecule has 0 aromatic heterocycles. The number of hydrogen-bond donors (Lipinski definition) is 1. The first kappa shape index (κ1) is 15.9. The molecule has 1 rings (SSSR count). The zero-order chi connectivity index (χ0) is 13.5. The third kappa shape index (κ3) is 4.21. The minimum absolute atomic E-state index is 0.151. The van der Waals surface area contributed by atoms with E-state index in [1.165, 1.54) is 0 Å². The lowest BCUT2D eigenvalue weighted by molar-refractivity contribution is 0.125. The highest BCUT2D eigenvalue weighted by molar-refractivity contribution is 9.10. The van der Waals surface area contributed by atoms with Crippen LogP contribution >= 0.6 is 27.5 Å². The van der Waals surface area contributed by atoms with Crippen LogP contribution < -0.4 is 5.73 Å². The Morgan fingerprint density at radius 3 is 2.78 bits per heavy atom. The van der Waals surface area contributed by atoms with Crippen LogP contribution in [0.4, 0.5) is 0 Å². The molecule has 1 atom stereocenters. The number of benzene rings is 1. The summed E-state index contributed by atoms with van der Waals surface area (Å²) in [6.45, 7) is 5.15. The van der Waals surface area contributed by atoms with E-state index < -0.39 is 0 Å². The van der Waals surface area contributed by atoms with Crippen LogP contribution in [0.1, 0.15) is 18.5 Å². The molecule has 0 bridgehead atoms. The van der Waals surface area contributed by atoms with Gasteiger partial charge in [-0.1, -0.05) is 34.5 Å². The lowest BCUT2D eigenvalue weighted by Crippen LogP contribution is -2.36. The molecule has 0 fully saturated rings. The molecule has 1 unspecified atom stereocenters. The molecule has 0 radical (unpaired) electrons. The summed E-state index contributed by atoms with van der Waals surface area (Å²) in [6.07, 6.45) is 0. The second-order valence-electron chi connectivity index (χ2n) is 4.04. The first-order valence-electron chi connectivity index (χ1n) is 6.02. The van der Waals surface area contributed by atoms with Gasteiger partial charge < -0.3 is 10.5 Å². The topological polar surface area (TPSA) is 38.5 Å². The highest BCUT2D eigenvalue weighted by atomic mass is 79.9. The summed E-state index contributed by atoms with van der Waals surface area (Å²) in [5.74, 6) is 0. The van der Waals surface area contributed by atoms with E-state index >= 15 is 0 Å². The fraction of sp³-hybridized carbons (Fsp3) is 0.538. The quantitative estimate of drug-likeness (QED) is 0.832. The summed E-state index contributed by atoms with van der Waals surface area (Å²) in [4.78, 5) is 2.29. The second-order valence-corrected chi connectivity index (χ2v) is 5.33. The van der Waals surface area contributed by atoms with Crippen molar-refractivity contribution in [3.63, 3.8) is 0 Å². The van der Waals surface area contributed by atoms with Crippen LogP contribution in [0.2, 0.25) is 5.02 Å². The maximum absolute atomic E-state index is 6.07. The molecule has 0 amide bonds. The van der Waals surface area contributed by atoms with Crippen LogP contribution in [0.25, 0.3) is 0 Å². The van der Waals surface area contributed by atoms with Crippen LogP contribution in [0.3, 0.4) is 0 Å². The lowest BCUT2D eigenvalue weighted by Gasteiger charge is -2.30. The van der Waals surface area contributed by atoms with E-state index in [1.54, 1.807) is 7.11 Å². The van der Waals surface area contributed by atoms with E-state index in [1.807, 2.05) is 18.2 Å². The van der Waals surface area contributed by atoms with Gasteiger partial charge >= 0.3 is 0 Å². The Labute approximate surface area is 122 Å². The Balaban J connectivity index is 2.95. The van der Waals surface area contributed by atoms with Crippen LogP contribution in [0.5, 0.6) is 0 Å². The SMILES string of the molecule is CCN(CCOC)C(CN)c1cc(Cl)ccc1Br. The number of ether oxygens (including phenoxy) is 1. The van der Waals surface area contributed by atoms with Crippen LogP contribution in [0.15, 0.2) is 22.7 Å². The van der Waals surface area contributed by atoms with E-state index in [-0.39, 0.29) is 6.04 Å². The van der Waals surface area contributed by atoms with Crippen molar-refractivity contribution in [3.05, 3.63) is 33.3 Å². The van der Waals surface area contributed by atoms with Gasteiger partial charge in [0.15, 0.2) is 0 Å². The third-order valence-electron chi connectivity index (χ3n) is 2.97. The molecule has 5 heteroatoms. The third-order valence-corrected chi connectivity index (χ3v) is 3.93. The molecule has 0 saturated carbocycles. The van der Waals surface area contributed by atoms with Gasteiger partial charge in [-0.05, 0) is 30.3 Å². The number of halogens is 2. The summed E-state index contributed by atoms with van der Waals surface area (Å²) in [6, 6.07) is 5.95. The average Bonchev–Trinajstić information content (AvgIpc) is 2.38. The minimum atomic E-state index is 0.151. The van der Waals surface area contributed by atoms with Gasteiger partial charge in [-0.3, -0.25) is 4.90 Å². The summed E-state index contributed by atoms with van der Waals surface area (Å²) < 4.78 is 6.18. The molecule has 0 aliphatic carbocycles. The van der Waals surface area contributed by atoms with Crippen LogP contribution in [-0.2, 0) is 4.74 Å². The fourth-order valence-electron chi connectivity index (χ4n) is 1.99. The molecule has 2 N–H and O–H groups in total. The highest BCUT2D eigenvalue weighted by Crippen LogP contribution is 2.29. The molecule has 0 aliphatic heterocycles. The molecule has 0 heterocycles. The zero-order valence-corrected chi connectivity index (χ0v) is 13.2. The van der Waals surface area contributed by atoms with Gasteiger partial charge in [0, 0.05) is 35.7 Å². The van der Waals surface area contributed by atoms with E-state index in [2.05, 4.69) is 27.8 Å². The van der Waals surface area contributed by atoms with E-state index in [0.29, 0.717) is 13.2 Å². The predicted octanol–water partition coefficient (Wildman–Crippen LogP) is 3.07. The number of nitrogens with zero attached hydrogens (tertiary/aromatic N) is 1. The molecule has 0 aliphatic rings. The van der Waals surface area contributed by atoms with E-state index in [4.69, 9.17) is 22.1 Å². The highest BCUT2D eigenvalue weighted by Gasteiger charge is 2.19. The van der Waals surface area contributed by atoms with E-state index in [0.717, 1.165) is 28.1 Å². The number of rotatable bonds is 7. The standard InChI is InChI=1S/C13H20BrClN2O/c1-3-17(6-7-18-2)13(9-16)11-8-10(15)4-5-12(11)14/h4-5,8,13H,3,6-7,9,16H2,1-2H3. The maximum atomic E-state index is 6.07. The largest absolute Gasteiger partial charge is 0.383 e. The molecule has 3 nitrogen and oxygen atoms in total. The minimum Gasteiger partial charge on any atom is -0.383 e. The first-order chi connectivity index (χ1) is 8.63. The number of hydrogen-bond acceptors (Lipinski definition) is 3. The van der Waals surface area contributed by atoms with E-state index in [9.17, 15) is 0 Å². The lowest BCUT2D eigenvalue weighted by atomic mass is 10.1. The molecular weight excluding hydrogens is 316 g/mol. The summed E-state index contributed by atoms with van der Waals surface area (Å²) in [5.41, 5.74) is 7.05. The fourth-order valence-corrected chi connectivity index (χ4v) is 2.68. The molecule has 1 aromatic carbocycles. The Morgan fingerprint density at radius 2 is 2.22 bits per heavy atom. The van der Waals surface area contributed by atoms with Crippen molar-refractivity contribution in [2.24, 2.45) is 5.73 Å². The van der Waals surface area contributed by atoms with Gasteiger partial charge in [-0.15, -0.1) is 0 Å². The van der Waals surface area contributed by atoms with Gasteiger partial charge in [0.1, 0.15) is 0 Å². The van der Waals surface area contributed by atoms with Crippen molar-refractivity contribution in [3.8, 4) is 0 Å². The van der Waals surface area contributed by atoms with Crippen molar-refractivity contribution in [1.29, 1.82) is 0 Å². The van der Waals surface area contributed by atoms with Crippen molar-refractivity contribution in [1.82, 2.24) is 4.90 Å². The van der Waals surface area contributed by atoms with Crippen LogP contribution in [0, 0.1) is 0 Å². The van der Waals surface area contributed by atoms with Gasteiger partial charge in [0.05, 0.1) is 6.61 Å². The summed E-state index contributed by atoms with van der Waals surface area (Å²) >= 11 is 9.63. The Bertz CT molecular complexity index is 376. The van der Waals surface area contributed by atoms with Gasteiger partial charge in [0.2, 0.25) is 0 Å². The molecular formula is C13H20BrClN2O. The van der Waals surface area contributed by atoms with Gasteiger partial charge in [-0.25, -0.2) is 0 Å². The van der Waals surface area contributed by atoms with Crippen molar-refractivity contribution in [2.75, 3.05) is 33.4 Å². The van der Waals surface area contributed by atoms with Crippen molar-refractivity contribution in [2.45, 2.75) is 13.0 Å².